The van der Waals surface area contributed by atoms with Crippen molar-refractivity contribution in [2.45, 2.75) is 19.4 Å². The molecular weight excluding hydrogens is 362 g/mol. The van der Waals surface area contributed by atoms with Crippen LogP contribution in [0.25, 0.3) is 0 Å². The maximum atomic E-state index is 11.2. The number of rotatable bonds is 11. The van der Waals surface area contributed by atoms with Gasteiger partial charge in [0, 0.05) is 18.6 Å². The molecule has 0 spiro atoms. The Bertz CT molecular complexity index is 788. The number of methoxy groups -OCH3 is 1. The van der Waals surface area contributed by atoms with Crippen molar-refractivity contribution in [2.75, 3.05) is 27.4 Å². The first-order chi connectivity index (χ1) is 13.6. The monoisotopic (exact) mass is 387 g/mol. The minimum atomic E-state index is -0.971. The first-order valence-electron chi connectivity index (χ1n) is 8.88. The summed E-state index contributed by atoms with van der Waals surface area (Å²) in [4.78, 5) is 16.1. The highest BCUT2D eigenvalue weighted by atomic mass is 16.6. The molecule has 0 aliphatic rings. The molecule has 0 saturated heterocycles. The second-order valence-corrected chi connectivity index (χ2v) is 5.87. The summed E-state index contributed by atoms with van der Waals surface area (Å²) in [5.74, 6) is 0.382. The zero-order chi connectivity index (χ0) is 20.4. The molecule has 0 aliphatic heterocycles. The number of carbonyl (C=O) groups is 1. The summed E-state index contributed by atoms with van der Waals surface area (Å²) in [7, 11) is 3.08. The number of carboxylic acids is 1. The van der Waals surface area contributed by atoms with E-state index in [1.54, 1.807) is 26.2 Å². The summed E-state index contributed by atoms with van der Waals surface area (Å²) in [5, 5.41) is 13.2. The predicted octanol–water partition coefficient (Wildman–Crippen LogP) is 3.16. The quantitative estimate of drug-likeness (QED) is 0.471. The standard InChI is InChI=1S/C21H25NO6/c1-4-27-20(21(23)24)12-15-8-10-17(11-9-15)28-14-19(22-26-3)16-6-5-7-18(13-16)25-2/h5-11,13,20H,4,12,14H2,1-3H3,(H,23,24). The van der Waals surface area contributed by atoms with Crippen molar-refractivity contribution in [1.82, 2.24) is 0 Å². The van der Waals surface area contributed by atoms with Crippen molar-refractivity contribution in [1.29, 1.82) is 0 Å². The molecule has 2 aromatic rings. The van der Waals surface area contributed by atoms with Crippen LogP contribution < -0.4 is 9.47 Å². The zero-order valence-electron chi connectivity index (χ0n) is 16.3. The number of benzene rings is 2. The lowest BCUT2D eigenvalue weighted by Crippen LogP contribution is -2.26. The van der Waals surface area contributed by atoms with Crippen molar-refractivity contribution in [3.63, 3.8) is 0 Å². The molecule has 150 valence electrons. The summed E-state index contributed by atoms with van der Waals surface area (Å²) in [6.07, 6.45) is -0.561. The van der Waals surface area contributed by atoms with Crippen LogP contribution in [0.4, 0.5) is 0 Å². The summed E-state index contributed by atoms with van der Waals surface area (Å²) >= 11 is 0. The van der Waals surface area contributed by atoms with Crippen LogP contribution in [0.15, 0.2) is 53.7 Å². The molecule has 0 aromatic heterocycles. The van der Waals surface area contributed by atoms with Crippen LogP contribution in [0, 0.1) is 0 Å². The number of oxime groups is 1. The van der Waals surface area contributed by atoms with Gasteiger partial charge in [0.25, 0.3) is 0 Å². The van der Waals surface area contributed by atoms with Crippen LogP contribution in [0.5, 0.6) is 11.5 Å². The Hall–Kier alpha value is -3.06. The minimum absolute atomic E-state index is 0.205. The Morgan fingerprint density at radius 2 is 1.86 bits per heavy atom. The highest BCUT2D eigenvalue weighted by molar-refractivity contribution is 6.01. The minimum Gasteiger partial charge on any atom is -0.497 e. The topological polar surface area (TPSA) is 86.6 Å². The lowest BCUT2D eigenvalue weighted by molar-refractivity contribution is -0.149. The van der Waals surface area contributed by atoms with Gasteiger partial charge < -0.3 is 24.2 Å². The smallest absolute Gasteiger partial charge is 0.333 e. The van der Waals surface area contributed by atoms with Crippen LogP contribution in [0.3, 0.4) is 0 Å². The fourth-order valence-electron chi connectivity index (χ4n) is 2.58. The molecule has 0 bridgehead atoms. The fraction of sp³-hybridized carbons (Fsp3) is 0.333. The maximum absolute atomic E-state index is 11.2. The molecule has 7 heteroatoms. The molecule has 0 saturated carbocycles. The van der Waals surface area contributed by atoms with Gasteiger partial charge in [0.15, 0.2) is 6.10 Å². The molecule has 0 fully saturated rings. The first kappa shape index (κ1) is 21.2. The lowest BCUT2D eigenvalue weighted by atomic mass is 10.1. The van der Waals surface area contributed by atoms with Crippen LogP contribution in [0.1, 0.15) is 18.1 Å². The number of ether oxygens (including phenoxy) is 3. The highest BCUT2D eigenvalue weighted by Gasteiger charge is 2.17. The van der Waals surface area contributed by atoms with E-state index >= 15 is 0 Å². The molecule has 0 amide bonds. The SMILES string of the molecule is CCOC(Cc1ccc(OCC(=NOC)c2cccc(OC)c2)cc1)C(=O)O. The van der Waals surface area contributed by atoms with Crippen LogP contribution in [-0.2, 0) is 20.8 Å². The van der Waals surface area contributed by atoms with Gasteiger partial charge in [-0.3, -0.25) is 0 Å². The molecular formula is C21H25NO6. The van der Waals surface area contributed by atoms with Crippen molar-refractivity contribution in [2.24, 2.45) is 5.16 Å². The van der Waals surface area contributed by atoms with Crippen molar-refractivity contribution in [3.8, 4) is 11.5 Å². The normalized spacial score (nSPS) is 12.3. The Labute approximate surface area is 164 Å². The van der Waals surface area contributed by atoms with E-state index in [0.717, 1.165) is 11.1 Å². The Kier molecular flexibility index (Phi) is 8.30. The Balaban J connectivity index is 2.02. The average Bonchev–Trinajstić information content (AvgIpc) is 2.71. The Morgan fingerprint density at radius 1 is 1.11 bits per heavy atom. The maximum Gasteiger partial charge on any atom is 0.333 e. The van der Waals surface area contributed by atoms with E-state index in [9.17, 15) is 9.90 Å². The number of hydrogen-bond acceptors (Lipinski definition) is 6. The van der Waals surface area contributed by atoms with Crippen LogP contribution in [-0.4, -0.2) is 50.3 Å². The lowest BCUT2D eigenvalue weighted by Gasteiger charge is -2.13. The van der Waals surface area contributed by atoms with Crippen LogP contribution in [0.2, 0.25) is 0 Å². The molecule has 2 rings (SSSR count). The van der Waals surface area contributed by atoms with E-state index in [1.165, 1.54) is 7.11 Å². The average molecular weight is 387 g/mol. The van der Waals surface area contributed by atoms with Gasteiger partial charge in [0.05, 0.1) is 7.11 Å². The van der Waals surface area contributed by atoms with E-state index < -0.39 is 12.1 Å². The predicted molar refractivity (Wildman–Crippen MR) is 105 cm³/mol. The van der Waals surface area contributed by atoms with E-state index in [0.29, 0.717) is 30.2 Å². The summed E-state index contributed by atoms with van der Waals surface area (Å²) < 4.78 is 16.3. The van der Waals surface area contributed by atoms with Crippen molar-refractivity contribution in [3.05, 3.63) is 59.7 Å². The molecule has 1 atom stereocenters. The number of carboxylic acid groups (broad SMARTS) is 1. The summed E-state index contributed by atoms with van der Waals surface area (Å²) in [6.45, 7) is 2.33. The second kappa shape index (κ2) is 10.9. The third kappa shape index (κ3) is 6.28. The van der Waals surface area contributed by atoms with Crippen LogP contribution >= 0.6 is 0 Å². The number of aliphatic carboxylic acids is 1. The van der Waals surface area contributed by atoms with Gasteiger partial charge in [-0.2, -0.15) is 0 Å². The third-order valence-electron chi connectivity index (χ3n) is 3.97. The van der Waals surface area contributed by atoms with E-state index in [1.807, 2.05) is 36.4 Å². The first-order valence-corrected chi connectivity index (χ1v) is 8.88. The van der Waals surface area contributed by atoms with Gasteiger partial charge in [-0.25, -0.2) is 4.79 Å². The molecule has 7 nitrogen and oxygen atoms in total. The molecule has 2 aromatic carbocycles. The van der Waals surface area contributed by atoms with Gasteiger partial charge in [0.1, 0.15) is 30.9 Å². The highest BCUT2D eigenvalue weighted by Crippen LogP contribution is 2.17. The summed E-state index contributed by atoms with van der Waals surface area (Å²) in [5.41, 5.74) is 2.30. The fourth-order valence-corrected chi connectivity index (χ4v) is 2.58. The number of nitrogens with zero attached hydrogens (tertiary/aromatic N) is 1. The van der Waals surface area contributed by atoms with Gasteiger partial charge >= 0.3 is 5.97 Å². The largest absolute Gasteiger partial charge is 0.497 e. The van der Waals surface area contributed by atoms with Crippen molar-refractivity contribution < 1.29 is 28.9 Å². The van der Waals surface area contributed by atoms with Gasteiger partial charge in [-0.1, -0.05) is 29.4 Å². The molecule has 1 N–H and O–H groups in total. The van der Waals surface area contributed by atoms with Gasteiger partial charge in [-0.05, 0) is 36.8 Å². The Morgan fingerprint density at radius 3 is 2.46 bits per heavy atom. The molecule has 0 heterocycles. The van der Waals surface area contributed by atoms with Gasteiger partial charge in [0.2, 0.25) is 0 Å². The van der Waals surface area contributed by atoms with Gasteiger partial charge in [-0.15, -0.1) is 0 Å². The second-order valence-electron chi connectivity index (χ2n) is 5.87. The van der Waals surface area contributed by atoms with E-state index in [-0.39, 0.29) is 6.61 Å². The molecule has 1 unspecified atom stereocenters. The zero-order valence-corrected chi connectivity index (χ0v) is 16.3. The molecule has 0 radical (unpaired) electrons. The summed E-state index contributed by atoms with van der Waals surface area (Å²) in [6, 6.07) is 14.7. The third-order valence-corrected chi connectivity index (χ3v) is 3.97. The molecule has 0 aliphatic carbocycles. The van der Waals surface area contributed by atoms with Crippen molar-refractivity contribution >= 4 is 11.7 Å². The van der Waals surface area contributed by atoms with E-state index in [2.05, 4.69) is 5.16 Å². The molecule has 28 heavy (non-hydrogen) atoms. The number of hydrogen-bond donors (Lipinski definition) is 1. The van der Waals surface area contributed by atoms with E-state index in [4.69, 9.17) is 19.0 Å².